The summed E-state index contributed by atoms with van der Waals surface area (Å²) in [4.78, 5) is 1.82. The number of fused-ring (bicyclic) bond motifs is 1. The van der Waals surface area contributed by atoms with Gasteiger partial charge in [-0.1, -0.05) is 35.9 Å². The first-order valence-corrected chi connectivity index (χ1v) is 9.95. The molecule has 0 radical (unpaired) electrons. The molecular weight excluding hydrogens is 413 g/mol. The van der Waals surface area contributed by atoms with Crippen LogP contribution in [0.1, 0.15) is 5.56 Å². The maximum atomic E-state index is 13.0. The molecule has 0 aliphatic heterocycles. The van der Waals surface area contributed by atoms with Crippen molar-refractivity contribution in [2.24, 2.45) is 0 Å². The standard InChI is InChI=1S/C19H16ClF3N2O2S/c1-25(2)17-7-3-6-14-13(17)5-4-8-18(14)28(26,27)24-12-9-10-16(20)15(11-12)19(21,22)23/h3-11,24H,1-2H3. The number of nitrogens with zero attached hydrogens (tertiary/aromatic N) is 1. The highest BCUT2D eigenvalue weighted by Gasteiger charge is 2.33. The van der Waals surface area contributed by atoms with Crippen molar-refractivity contribution in [2.45, 2.75) is 11.1 Å². The van der Waals surface area contributed by atoms with Crippen molar-refractivity contribution in [3.8, 4) is 0 Å². The molecule has 0 atom stereocenters. The highest BCUT2D eigenvalue weighted by molar-refractivity contribution is 7.93. The molecule has 3 rings (SSSR count). The summed E-state index contributed by atoms with van der Waals surface area (Å²) in [5, 5.41) is 0.671. The quantitative estimate of drug-likeness (QED) is 0.607. The summed E-state index contributed by atoms with van der Waals surface area (Å²) >= 11 is 5.59. The molecule has 28 heavy (non-hydrogen) atoms. The number of rotatable bonds is 4. The van der Waals surface area contributed by atoms with E-state index in [1.54, 1.807) is 24.3 Å². The topological polar surface area (TPSA) is 49.4 Å². The second-order valence-electron chi connectivity index (χ2n) is 6.32. The van der Waals surface area contributed by atoms with E-state index in [2.05, 4.69) is 4.72 Å². The van der Waals surface area contributed by atoms with Crippen LogP contribution in [-0.4, -0.2) is 22.5 Å². The molecule has 4 nitrogen and oxygen atoms in total. The van der Waals surface area contributed by atoms with Gasteiger partial charge in [0.25, 0.3) is 10.0 Å². The van der Waals surface area contributed by atoms with Crippen LogP contribution >= 0.6 is 11.6 Å². The molecular formula is C19H16ClF3N2O2S. The number of alkyl halides is 3. The average molecular weight is 429 g/mol. The van der Waals surface area contributed by atoms with E-state index in [0.29, 0.717) is 16.8 Å². The highest BCUT2D eigenvalue weighted by Crippen LogP contribution is 2.37. The van der Waals surface area contributed by atoms with E-state index in [1.165, 1.54) is 12.1 Å². The molecule has 0 spiro atoms. The summed E-state index contributed by atoms with van der Waals surface area (Å²) in [5.74, 6) is 0. The van der Waals surface area contributed by atoms with Gasteiger partial charge in [0.05, 0.1) is 15.5 Å². The first kappa shape index (κ1) is 20.3. The van der Waals surface area contributed by atoms with Gasteiger partial charge in [-0.15, -0.1) is 0 Å². The molecule has 9 heteroatoms. The lowest BCUT2D eigenvalue weighted by Crippen LogP contribution is -2.15. The van der Waals surface area contributed by atoms with Crippen molar-refractivity contribution in [1.82, 2.24) is 0 Å². The molecule has 0 aromatic heterocycles. The Bertz CT molecular complexity index is 1150. The van der Waals surface area contributed by atoms with Gasteiger partial charge in [0.1, 0.15) is 0 Å². The fraction of sp³-hybridized carbons (Fsp3) is 0.158. The van der Waals surface area contributed by atoms with E-state index in [0.717, 1.165) is 11.8 Å². The van der Waals surface area contributed by atoms with Gasteiger partial charge < -0.3 is 4.90 Å². The molecule has 0 aliphatic rings. The molecule has 3 aromatic rings. The fourth-order valence-electron chi connectivity index (χ4n) is 2.90. The van der Waals surface area contributed by atoms with E-state index in [9.17, 15) is 21.6 Å². The van der Waals surface area contributed by atoms with Crippen LogP contribution in [0.15, 0.2) is 59.5 Å². The molecule has 0 saturated heterocycles. The predicted molar refractivity (Wildman–Crippen MR) is 106 cm³/mol. The molecule has 0 unspecified atom stereocenters. The number of anilines is 2. The number of sulfonamides is 1. The highest BCUT2D eigenvalue weighted by atomic mass is 35.5. The molecule has 148 valence electrons. The third-order valence-electron chi connectivity index (χ3n) is 4.15. The maximum Gasteiger partial charge on any atom is 0.417 e. The Balaban J connectivity index is 2.09. The normalized spacial score (nSPS) is 12.2. The minimum Gasteiger partial charge on any atom is -0.377 e. The number of hydrogen-bond acceptors (Lipinski definition) is 3. The second kappa shape index (κ2) is 7.18. The predicted octanol–water partition coefficient (Wildman–Crippen LogP) is 5.38. The minimum absolute atomic E-state index is 0.0304. The zero-order valence-electron chi connectivity index (χ0n) is 14.9. The van der Waals surface area contributed by atoms with E-state index in [4.69, 9.17) is 11.6 Å². The van der Waals surface area contributed by atoms with Crippen molar-refractivity contribution in [3.63, 3.8) is 0 Å². The Kier molecular flexibility index (Phi) is 5.20. The third-order valence-corrected chi connectivity index (χ3v) is 5.92. The van der Waals surface area contributed by atoms with E-state index in [-0.39, 0.29) is 10.6 Å². The van der Waals surface area contributed by atoms with Crippen LogP contribution in [0.4, 0.5) is 24.5 Å². The van der Waals surface area contributed by atoms with Gasteiger partial charge >= 0.3 is 6.18 Å². The monoisotopic (exact) mass is 428 g/mol. The maximum absolute atomic E-state index is 13.0. The smallest absolute Gasteiger partial charge is 0.377 e. The van der Waals surface area contributed by atoms with Gasteiger partial charge in [-0.05, 0) is 30.3 Å². The summed E-state index contributed by atoms with van der Waals surface area (Å²) in [7, 11) is -0.469. The van der Waals surface area contributed by atoms with Crippen molar-refractivity contribution < 1.29 is 21.6 Å². The zero-order valence-corrected chi connectivity index (χ0v) is 16.5. The van der Waals surface area contributed by atoms with Crippen LogP contribution in [0.2, 0.25) is 5.02 Å². The lowest BCUT2D eigenvalue weighted by molar-refractivity contribution is -0.137. The Hall–Kier alpha value is -2.45. The average Bonchev–Trinajstić information content (AvgIpc) is 2.61. The van der Waals surface area contributed by atoms with Gasteiger partial charge in [0, 0.05) is 36.2 Å². The van der Waals surface area contributed by atoms with Crippen molar-refractivity contribution in [1.29, 1.82) is 0 Å². The molecule has 0 aliphatic carbocycles. The first-order chi connectivity index (χ1) is 13.0. The summed E-state index contributed by atoms with van der Waals surface area (Å²) < 4.78 is 67.2. The molecule has 1 N–H and O–H groups in total. The number of hydrogen-bond donors (Lipinski definition) is 1. The van der Waals surface area contributed by atoms with Gasteiger partial charge in [0.15, 0.2) is 0 Å². The second-order valence-corrected chi connectivity index (χ2v) is 8.38. The van der Waals surface area contributed by atoms with Gasteiger partial charge in [-0.25, -0.2) is 8.42 Å². The molecule has 3 aromatic carbocycles. The zero-order chi connectivity index (χ0) is 20.7. The lowest BCUT2D eigenvalue weighted by Gasteiger charge is -2.17. The van der Waals surface area contributed by atoms with Gasteiger partial charge in [0.2, 0.25) is 0 Å². The van der Waals surface area contributed by atoms with Crippen LogP contribution in [0.25, 0.3) is 10.8 Å². The Morgan fingerprint density at radius 2 is 1.61 bits per heavy atom. The van der Waals surface area contributed by atoms with Crippen molar-refractivity contribution in [2.75, 3.05) is 23.7 Å². The largest absolute Gasteiger partial charge is 0.417 e. The SMILES string of the molecule is CN(C)c1cccc2c(S(=O)(=O)Nc3ccc(Cl)c(C(F)(F)F)c3)cccc12. The summed E-state index contributed by atoms with van der Waals surface area (Å²) in [5.41, 5.74) is -0.514. The third kappa shape index (κ3) is 3.88. The number of nitrogens with one attached hydrogen (secondary N) is 1. The molecule has 0 heterocycles. The van der Waals surface area contributed by atoms with Gasteiger partial charge in [-0.2, -0.15) is 13.2 Å². The van der Waals surface area contributed by atoms with E-state index in [1.807, 2.05) is 25.1 Å². The van der Waals surface area contributed by atoms with Crippen molar-refractivity contribution >= 4 is 43.8 Å². The number of halogens is 4. The van der Waals surface area contributed by atoms with Crippen LogP contribution in [-0.2, 0) is 16.2 Å². The Morgan fingerprint density at radius 1 is 0.964 bits per heavy atom. The Labute approximate surface area is 165 Å². The van der Waals surface area contributed by atoms with Crippen LogP contribution in [0, 0.1) is 0 Å². The number of benzene rings is 3. The van der Waals surface area contributed by atoms with Crippen molar-refractivity contribution in [3.05, 3.63) is 65.2 Å². The van der Waals surface area contributed by atoms with Crippen LogP contribution < -0.4 is 9.62 Å². The minimum atomic E-state index is -4.70. The fourth-order valence-corrected chi connectivity index (χ4v) is 4.40. The molecule has 0 fully saturated rings. The lowest BCUT2D eigenvalue weighted by atomic mass is 10.1. The molecule has 0 amide bonds. The van der Waals surface area contributed by atoms with Crippen LogP contribution in [0.3, 0.4) is 0 Å². The van der Waals surface area contributed by atoms with Crippen LogP contribution in [0.5, 0.6) is 0 Å². The molecule has 0 bridgehead atoms. The molecule has 0 saturated carbocycles. The van der Waals surface area contributed by atoms with E-state index < -0.39 is 26.8 Å². The first-order valence-electron chi connectivity index (χ1n) is 8.09. The van der Waals surface area contributed by atoms with Gasteiger partial charge in [-0.3, -0.25) is 4.72 Å². The Morgan fingerprint density at radius 3 is 2.25 bits per heavy atom. The summed E-state index contributed by atoms with van der Waals surface area (Å²) in [6, 6.07) is 12.9. The summed E-state index contributed by atoms with van der Waals surface area (Å²) in [6.07, 6.45) is -4.70. The van der Waals surface area contributed by atoms with E-state index >= 15 is 0 Å². The summed E-state index contributed by atoms with van der Waals surface area (Å²) in [6.45, 7) is 0.